The molecule has 0 amide bonds. The van der Waals surface area contributed by atoms with Gasteiger partial charge in [-0.15, -0.1) is 0 Å². The van der Waals surface area contributed by atoms with Crippen LogP contribution in [0.5, 0.6) is 0 Å². The van der Waals surface area contributed by atoms with Crippen LogP contribution in [0.2, 0.25) is 0 Å². The van der Waals surface area contributed by atoms with E-state index in [9.17, 15) is 4.79 Å². The third-order valence-electron chi connectivity index (χ3n) is 3.08. The van der Waals surface area contributed by atoms with Crippen LogP contribution in [0.25, 0.3) is 0 Å². The van der Waals surface area contributed by atoms with Gasteiger partial charge in [-0.1, -0.05) is 30.3 Å². The van der Waals surface area contributed by atoms with Crippen molar-refractivity contribution in [3.63, 3.8) is 0 Å². The zero-order valence-electron chi connectivity index (χ0n) is 9.52. The number of aryl methyl sites for hydroxylation is 1. The molecule has 1 fully saturated rings. The molecule has 0 N–H and O–H groups in total. The minimum absolute atomic E-state index is 0.441. The number of ketones is 1. The molecule has 1 aliphatic rings. The van der Waals surface area contributed by atoms with Crippen LogP contribution in [0.15, 0.2) is 30.3 Å². The topological polar surface area (TPSA) is 17.1 Å². The van der Waals surface area contributed by atoms with Crippen LogP contribution in [-0.4, -0.2) is 17.3 Å². The summed E-state index contributed by atoms with van der Waals surface area (Å²) in [5.41, 5.74) is 1.27. The summed E-state index contributed by atoms with van der Waals surface area (Å²) in [5.74, 6) is 3.54. The summed E-state index contributed by atoms with van der Waals surface area (Å²) in [4.78, 5) is 11.8. The van der Waals surface area contributed by atoms with E-state index in [0.717, 1.165) is 12.8 Å². The molecule has 1 atom stereocenters. The Bertz CT molecular complexity index is 328. The number of carbonyl (C=O) groups excluding carboxylic acids is 1. The van der Waals surface area contributed by atoms with E-state index >= 15 is 0 Å². The normalized spacial score (nSPS) is 19.9. The van der Waals surface area contributed by atoms with Crippen LogP contribution >= 0.6 is 11.8 Å². The van der Waals surface area contributed by atoms with Gasteiger partial charge in [0.1, 0.15) is 5.78 Å². The van der Waals surface area contributed by atoms with Crippen molar-refractivity contribution in [2.75, 3.05) is 11.5 Å². The predicted octanol–water partition coefficient (Wildman–Crippen LogP) is 3.33. The van der Waals surface area contributed by atoms with Gasteiger partial charge in [0, 0.05) is 12.8 Å². The highest BCUT2D eigenvalue weighted by molar-refractivity contribution is 7.99. The monoisotopic (exact) mass is 234 g/mol. The van der Waals surface area contributed by atoms with E-state index in [4.69, 9.17) is 0 Å². The van der Waals surface area contributed by atoms with Gasteiger partial charge in [-0.05, 0) is 35.8 Å². The van der Waals surface area contributed by atoms with Crippen LogP contribution in [0.3, 0.4) is 0 Å². The highest BCUT2D eigenvalue weighted by Crippen LogP contribution is 2.26. The molecule has 0 spiro atoms. The predicted molar refractivity (Wildman–Crippen MR) is 69.8 cm³/mol. The van der Waals surface area contributed by atoms with Gasteiger partial charge in [-0.2, -0.15) is 11.8 Å². The molecule has 86 valence electrons. The van der Waals surface area contributed by atoms with Crippen molar-refractivity contribution in [2.45, 2.75) is 25.7 Å². The number of carbonyl (C=O) groups is 1. The number of rotatable bonds is 5. The fourth-order valence-electron chi connectivity index (χ4n) is 2.10. The first kappa shape index (κ1) is 11.7. The molecule has 0 radical (unpaired) electrons. The first-order valence-corrected chi connectivity index (χ1v) is 7.13. The summed E-state index contributed by atoms with van der Waals surface area (Å²) in [6.45, 7) is 0. The Morgan fingerprint density at radius 3 is 2.81 bits per heavy atom. The van der Waals surface area contributed by atoms with Crippen LogP contribution in [-0.2, 0) is 11.2 Å². The van der Waals surface area contributed by atoms with E-state index in [2.05, 4.69) is 12.1 Å². The highest BCUT2D eigenvalue weighted by Gasteiger charge is 2.18. The van der Waals surface area contributed by atoms with E-state index < -0.39 is 0 Å². The van der Waals surface area contributed by atoms with Gasteiger partial charge in [-0.25, -0.2) is 0 Å². The van der Waals surface area contributed by atoms with Gasteiger partial charge in [0.2, 0.25) is 0 Å². The molecule has 1 nitrogen and oxygen atoms in total. The van der Waals surface area contributed by atoms with Gasteiger partial charge < -0.3 is 0 Å². The lowest BCUT2D eigenvalue weighted by molar-refractivity contribution is -0.119. The molecule has 0 aliphatic carbocycles. The van der Waals surface area contributed by atoms with Crippen molar-refractivity contribution in [3.05, 3.63) is 35.9 Å². The maximum absolute atomic E-state index is 11.8. The second kappa shape index (κ2) is 6.09. The Kier molecular flexibility index (Phi) is 4.46. The third kappa shape index (κ3) is 3.67. The van der Waals surface area contributed by atoms with Crippen molar-refractivity contribution >= 4 is 17.5 Å². The number of thioether (sulfide) groups is 1. The zero-order chi connectivity index (χ0) is 11.2. The van der Waals surface area contributed by atoms with E-state index in [1.807, 2.05) is 30.0 Å². The summed E-state index contributed by atoms with van der Waals surface area (Å²) < 4.78 is 0. The van der Waals surface area contributed by atoms with Crippen molar-refractivity contribution in [1.82, 2.24) is 0 Å². The number of hydrogen-bond acceptors (Lipinski definition) is 2. The van der Waals surface area contributed by atoms with Crippen LogP contribution in [0, 0.1) is 5.92 Å². The largest absolute Gasteiger partial charge is 0.300 e. The fourth-order valence-corrected chi connectivity index (χ4v) is 3.38. The van der Waals surface area contributed by atoms with E-state index in [1.54, 1.807) is 0 Å². The average molecular weight is 234 g/mol. The molecule has 1 aromatic rings. The number of Topliss-reactive ketones (excluding diaryl/α,β-unsaturated/α-hetero) is 1. The molecular formula is C14H18OS. The van der Waals surface area contributed by atoms with Gasteiger partial charge >= 0.3 is 0 Å². The molecule has 16 heavy (non-hydrogen) atoms. The Balaban J connectivity index is 1.71. The maximum Gasteiger partial charge on any atom is 0.133 e. The Morgan fingerprint density at radius 1 is 1.31 bits per heavy atom. The lowest BCUT2D eigenvalue weighted by atomic mass is 9.98. The van der Waals surface area contributed by atoms with Crippen molar-refractivity contribution < 1.29 is 4.79 Å². The van der Waals surface area contributed by atoms with Gasteiger partial charge in [-0.3, -0.25) is 4.79 Å². The number of benzene rings is 1. The van der Waals surface area contributed by atoms with Crippen LogP contribution < -0.4 is 0 Å². The summed E-state index contributed by atoms with van der Waals surface area (Å²) in [5, 5.41) is 0. The molecule has 0 aromatic heterocycles. The molecule has 1 aliphatic heterocycles. The molecule has 1 saturated heterocycles. The standard InChI is InChI=1S/C14H18OS/c15-14(10-13-8-9-16-11-13)7-6-12-4-2-1-3-5-12/h1-5,13H,6-11H2. The van der Waals surface area contributed by atoms with E-state index in [0.29, 0.717) is 18.1 Å². The third-order valence-corrected chi connectivity index (χ3v) is 4.31. The zero-order valence-corrected chi connectivity index (χ0v) is 10.3. The average Bonchev–Trinajstić information content (AvgIpc) is 2.81. The van der Waals surface area contributed by atoms with E-state index in [-0.39, 0.29) is 0 Å². The SMILES string of the molecule is O=C(CCc1ccccc1)CC1CCSC1. The van der Waals surface area contributed by atoms with Gasteiger partial charge in [0.05, 0.1) is 0 Å². The lowest BCUT2D eigenvalue weighted by Crippen LogP contribution is -2.08. The Labute approximate surface area is 102 Å². The summed E-state index contributed by atoms with van der Waals surface area (Å²) in [6.07, 6.45) is 3.66. The molecule has 2 rings (SSSR count). The first-order valence-electron chi connectivity index (χ1n) is 5.98. The minimum Gasteiger partial charge on any atom is -0.300 e. The van der Waals surface area contributed by atoms with Gasteiger partial charge in [0.25, 0.3) is 0 Å². The molecule has 0 saturated carbocycles. The lowest BCUT2D eigenvalue weighted by Gasteiger charge is -2.06. The molecule has 1 heterocycles. The first-order chi connectivity index (χ1) is 7.84. The van der Waals surface area contributed by atoms with Crippen molar-refractivity contribution in [2.24, 2.45) is 5.92 Å². The van der Waals surface area contributed by atoms with Crippen LogP contribution in [0.1, 0.15) is 24.8 Å². The fraction of sp³-hybridized carbons (Fsp3) is 0.500. The smallest absolute Gasteiger partial charge is 0.133 e. The summed E-state index contributed by atoms with van der Waals surface area (Å²) in [6, 6.07) is 10.3. The minimum atomic E-state index is 0.441. The van der Waals surface area contributed by atoms with Crippen molar-refractivity contribution in [3.8, 4) is 0 Å². The molecule has 2 heteroatoms. The molecule has 1 aromatic carbocycles. The quantitative estimate of drug-likeness (QED) is 0.777. The maximum atomic E-state index is 11.8. The highest BCUT2D eigenvalue weighted by atomic mass is 32.2. The summed E-state index contributed by atoms with van der Waals surface area (Å²) >= 11 is 1.99. The Hall–Kier alpha value is -0.760. The number of hydrogen-bond donors (Lipinski definition) is 0. The second-order valence-electron chi connectivity index (χ2n) is 4.46. The molecular weight excluding hydrogens is 216 g/mol. The van der Waals surface area contributed by atoms with Crippen molar-refractivity contribution in [1.29, 1.82) is 0 Å². The van der Waals surface area contributed by atoms with E-state index in [1.165, 1.54) is 23.5 Å². The Morgan fingerprint density at radius 2 is 2.12 bits per heavy atom. The molecule has 1 unspecified atom stereocenters. The van der Waals surface area contributed by atoms with Crippen LogP contribution in [0.4, 0.5) is 0 Å². The van der Waals surface area contributed by atoms with Gasteiger partial charge in [0.15, 0.2) is 0 Å². The molecule has 0 bridgehead atoms. The summed E-state index contributed by atoms with van der Waals surface area (Å²) in [7, 11) is 0. The second-order valence-corrected chi connectivity index (χ2v) is 5.61.